The number of furan rings is 1. The zero-order valence-electron chi connectivity index (χ0n) is 11.1. The Morgan fingerprint density at radius 3 is 2.84 bits per heavy atom. The van der Waals surface area contributed by atoms with Gasteiger partial charge in [0, 0.05) is 15.8 Å². The Morgan fingerprint density at radius 1 is 1.26 bits per heavy atom. The molecule has 3 aromatic rings. The van der Waals surface area contributed by atoms with Crippen LogP contribution in [0.2, 0.25) is 0 Å². The van der Waals surface area contributed by atoms with Gasteiger partial charge in [0.25, 0.3) is 0 Å². The van der Waals surface area contributed by atoms with E-state index in [1.165, 1.54) is 21.4 Å². The van der Waals surface area contributed by atoms with Crippen LogP contribution < -0.4 is 5.32 Å². The second-order valence-electron chi connectivity index (χ2n) is 4.65. The Hall–Kier alpha value is -1.58. The Kier molecular flexibility index (Phi) is 3.40. The predicted molar refractivity (Wildman–Crippen MR) is 80.8 cm³/mol. The van der Waals surface area contributed by atoms with Gasteiger partial charge in [-0.3, -0.25) is 0 Å². The highest BCUT2D eigenvalue weighted by Gasteiger charge is 2.20. The average Bonchev–Trinajstić information content (AvgIpc) is 3.03. The summed E-state index contributed by atoms with van der Waals surface area (Å²) in [5, 5.41) is 6.92. The van der Waals surface area contributed by atoms with Gasteiger partial charge in [-0.05, 0) is 36.5 Å². The standard InChI is InChI=1S/C16H17NOS/c1-3-17-15(16-11(2)8-9-19-16)13-10-18-14-7-5-4-6-12(13)14/h4-10,15,17H,3H2,1-2H3. The van der Waals surface area contributed by atoms with Crippen molar-refractivity contribution in [2.45, 2.75) is 19.9 Å². The van der Waals surface area contributed by atoms with Crippen LogP contribution in [-0.4, -0.2) is 6.54 Å². The first-order valence-electron chi connectivity index (χ1n) is 6.54. The molecular weight excluding hydrogens is 254 g/mol. The predicted octanol–water partition coefficient (Wildman–Crippen LogP) is 4.50. The molecule has 0 saturated heterocycles. The summed E-state index contributed by atoms with van der Waals surface area (Å²) in [6, 6.07) is 10.6. The summed E-state index contributed by atoms with van der Waals surface area (Å²) < 4.78 is 5.68. The summed E-state index contributed by atoms with van der Waals surface area (Å²) in [7, 11) is 0. The number of benzene rings is 1. The van der Waals surface area contributed by atoms with Crippen molar-refractivity contribution >= 4 is 22.3 Å². The van der Waals surface area contributed by atoms with E-state index in [9.17, 15) is 0 Å². The highest BCUT2D eigenvalue weighted by Crippen LogP contribution is 2.34. The molecule has 0 amide bonds. The highest BCUT2D eigenvalue weighted by atomic mass is 32.1. The van der Waals surface area contributed by atoms with E-state index < -0.39 is 0 Å². The Balaban J connectivity index is 2.12. The molecule has 1 aromatic carbocycles. The van der Waals surface area contributed by atoms with E-state index in [1.807, 2.05) is 18.4 Å². The minimum absolute atomic E-state index is 0.216. The Bertz CT molecular complexity index is 683. The summed E-state index contributed by atoms with van der Waals surface area (Å²) in [5.41, 5.74) is 3.51. The average molecular weight is 271 g/mol. The van der Waals surface area contributed by atoms with E-state index in [-0.39, 0.29) is 6.04 Å². The molecule has 0 aliphatic heterocycles. The summed E-state index contributed by atoms with van der Waals surface area (Å²) in [4.78, 5) is 1.37. The van der Waals surface area contributed by atoms with Crippen LogP contribution in [0.5, 0.6) is 0 Å². The van der Waals surface area contributed by atoms with Crippen molar-refractivity contribution in [1.29, 1.82) is 0 Å². The third-order valence-electron chi connectivity index (χ3n) is 3.39. The second kappa shape index (κ2) is 5.19. The molecule has 3 rings (SSSR count). The topological polar surface area (TPSA) is 25.2 Å². The van der Waals surface area contributed by atoms with Gasteiger partial charge in [-0.1, -0.05) is 25.1 Å². The SMILES string of the molecule is CCNC(c1sccc1C)c1coc2ccccc12. The lowest BCUT2D eigenvalue weighted by Crippen LogP contribution is -2.21. The lowest BCUT2D eigenvalue weighted by molar-refractivity contribution is 0.587. The fourth-order valence-corrected chi connectivity index (χ4v) is 3.47. The van der Waals surface area contributed by atoms with Crippen molar-refractivity contribution in [2.75, 3.05) is 6.54 Å². The Labute approximate surface area is 117 Å². The maximum Gasteiger partial charge on any atom is 0.134 e. The first kappa shape index (κ1) is 12.5. The molecule has 1 unspecified atom stereocenters. The van der Waals surface area contributed by atoms with Gasteiger partial charge in [-0.25, -0.2) is 0 Å². The zero-order chi connectivity index (χ0) is 13.2. The fraction of sp³-hybridized carbons (Fsp3) is 0.250. The monoisotopic (exact) mass is 271 g/mol. The third kappa shape index (κ3) is 2.20. The molecule has 0 aliphatic rings. The van der Waals surface area contributed by atoms with E-state index in [2.05, 4.69) is 42.7 Å². The highest BCUT2D eigenvalue weighted by molar-refractivity contribution is 7.10. The molecule has 0 saturated carbocycles. The third-order valence-corrected chi connectivity index (χ3v) is 4.48. The van der Waals surface area contributed by atoms with Crippen LogP contribution in [0.15, 0.2) is 46.4 Å². The molecule has 3 heteroatoms. The first-order chi connectivity index (χ1) is 9.31. The second-order valence-corrected chi connectivity index (χ2v) is 5.59. The molecule has 0 spiro atoms. The van der Waals surface area contributed by atoms with Crippen molar-refractivity contribution in [1.82, 2.24) is 5.32 Å². The maximum atomic E-state index is 5.68. The van der Waals surface area contributed by atoms with Gasteiger partial charge < -0.3 is 9.73 Å². The minimum Gasteiger partial charge on any atom is -0.464 e. The Morgan fingerprint density at radius 2 is 2.11 bits per heavy atom. The number of thiophene rings is 1. The van der Waals surface area contributed by atoms with E-state index >= 15 is 0 Å². The minimum atomic E-state index is 0.216. The number of para-hydroxylation sites is 1. The van der Waals surface area contributed by atoms with Crippen LogP contribution in [0.4, 0.5) is 0 Å². The van der Waals surface area contributed by atoms with Crippen molar-refractivity contribution in [2.24, 2.45) is 0 Å². The van der Waals surface area contributed by atoms with Crippen LogP contribution in [0, 0.1) is 6.92 Å². The van der Waals surface area contributed by atoms with Crippen molar-refractivity contribution in [3.63, 3.8) is 0 Å². The van der Waals surface area contributed by atoms with Gasteiger partial charge in [-0.15, -0.1) is 11.3 Å². The molecule has 0 fully saturated rings. The molecule has 2 heterocycles. The molecular formula is C16H17NOS. The lowest BCUT2D eigenvalue weighted by Gasteiger charge is -2.16. The molecule has 1 N–H and O–H groups in total. The van der Waals surface area contributed by atoms with E-state index in [0.29, 0.717) is 0 Å². The zero-order valence-corrected chi connectivity index (χ0v) is 12.0. The fourth-order valence-electron chi connectivity index (χ4n) is 2.45. The number of aryl methyl sites for hydroxylation is 1. The van der Waals surface area contributed by atoms with Crippen LogP contribution in [-0.2, 0) is 0 Å². The van der Waals surface area contributed by atoms with Gasteiger partial charge in [0.05, 0.1) is 12.3 Å². The van der Waals surface area contributed by atoms with Crippen LogP contribution in [0.1, 0.15) is 29.0 Å². The number of rotatable bonds is 4. The first-order valence-corrected chi connectivity index (χ1v) is 7.42. The van der Waals surface area contributed by atoms with Crippen LogP contribution in [0.3, 0.4) is 0 Å². The quantitative estimate of drug-likeness (QED) is 0.755. The van der Waals surface area contributed by atoms with Crippen LogP contribution >= 0.6 is 11.3 Å². The number of hydrogen-bond donors (Lipinski definition) is 1. The smallest absolute Gasteiger partial charge is 0.134 e. The lowest BCUT2D eigenvalue weighted by atomic mass is 10.0. The molecule has 1 atom stereocenters. The summed E-state index contributed by atoms with van der Waals surface area (Å²) in [5.74, 6) is 0. The summed E-state index contributed by atoms with van der Waals surface area (Å²) in [6.45, 7) is 5.23. The number of nitrogens with one attached hydrogen (secondary N) is 1. The molecule has 19 heavy (non-hydrogen) atoms. The number of fused-ring (bicyclic) bond motifs is 1. The van der Waals surface area contributed by atoms with Crippen molar-refractivity contribution in [3.05, 3.63) is 58.0 Å². The van der Waals surface area contributed by atoms with Gasteiger partial charge >= 0.3 is 0 Å². The molecule has 0 aliphatic carbocycles. The summed E-state index contributed by atoms with van der Waals surface area (Å²) in [6.07, 6.45) is 1.89. The van der Waals surface area contributed by atoms with Gasteiger partial charge in [0.2, 0.25) is 0 Å². The molecule has 98 valence electrons. The van der Waals surface area contributed by atoms with Gasteiger partial charge in [0.15, 0.2) is 0 Å². The summed E-state index contributed by atoms with van der Waals surface area (Å²) >= 11 is 1.80. The van der Waals surface area contributed by atoms with Gasteiger partial charge in [0.1, 0.15) is 5.58 Å². The molecule has 2 aromatic heterocycles. The number of hydrogen-bond acceptors (Lipinski definition) is 3. The molecule has 0 bridgehead atoms. The van der Waals surface area contributed by atoms with Crippen LogP contribution in [0.25, 0.3) is 11.0 Å². The van der Waals surface area contributed by atoms with Crippen molar-refractivity contribution in [3.8, 4) is 0 Å². The molecule has 2 nitrogen and oxygen atoms in total. The van der Waals surface area contributed by atoms with Crippen molar-refractivity contribution < 1.29 is 4.42 Å². The van der Waals surface area contributed by atoms with E-state index in [4.69, 9.17) is 4.42 Å². The van der Waals surface area contributed by atoms with E-state index in [1.54, 1.807) is 11.3 Å². The van der Waals surface area contributed by atoms with E-state index in [0.717, 1.165) is 12.1 Å². The largest absolute Gasteiger partial charge is 0.464 e. The van der Waals surface area contributed by atoms with Gasteiger partial charge in [-0.2, -0.15) is 0 Å². The maximum absolute atomic E-state index is 5.68. The normalized spacial score (nSPS) is 12.9. The molecule has 0 radical (unpaired) electrons.